The van der Waals surface area contributed by atoms with Crippen molar-refractivity contribution in [3.05, 3.63) is 36.2 Å². The zero-order valence-corrected chi connectivity index (χ0v) is 11.8. The largest absolute Gasteiger partial charge is 0.418 e. The molecule has 0 atom stereocenters. The van der Waals surface area contributed by atoms with Crippen LogP contribution in [0, 0.1) is 0 Å². The molecule has 116 valence electrons. The average Bonchev–Trinajstić information content (AvgIpc) is 2.45. The van der Waals surface area contributed by atoms with Crippen LogP contribution >= 0.6 is 11.8 Å². The van der Waals surface area contributed by atoms with E-state index in [4.69, 9.17) is 5.73 Å². The van der Waals surface area contributed by atoms with Crippen LogP contribution in [0.4, 0.5) is 24.8 Å². The van der Waals surface area contributed by atoms with Crippen molar-refractivity contribution in [3.63, 3.8) is 0 Å². The molecule has 0 aliphatic rings. The number of hydrogen-bond acceptors (Lipinski definition) is 6. The number of carbonyl (C=O) groups excluding carboxylic acids is 1. The second-order valence-electron chi connectivity index (χ2n) is 4.01. The lowest BCUT2D eigenvalue weighted by atomic mass is 10.1. The molecule has 0 spiro atoms. The molecule has 1 amide bonds. The van der Waals surface area contributed by atoms with Crippen molar-refractivity contribution in [3.8, 4) is 0 Å². The van der Waals surface area contributed by atoms with E-state index < -0.39 is 17.6 Å². The van der Waals surface area contributed by atoms with E-state index in [1.165, 1.54) is 24.5 Å². The number of para-hydroxylation sites is 1. The molecule has 1 heterocycles. The van der Waals surface area contributed by atoms with Crippen LogP contribution in [0.1, 0.15) is 5.56 Å². The summed E-state index contributed by atoms with van der Waals surface area (Å²) in [5.74, 6) is -0.767. The van der Waals surface area contributed by atoms with Gasteiger partial charge in [-0.05, 0) is 12.1 Å². The fourth-order valence-electron chi connectivity index (χ4n) is 1.52. The Morgan fingerprint density at radius 3 is 2.68 bits per heavy atom. The van der Waals surface area contributed by atoms with Crippen molar-refractivity contribution in [2.24, 2.45) is 0 Å². The number of thioether (sulfide) groups is 1. The van der Waals surface area contributed by atoms with Crippen molar-refractivity contribution in [1.29, 1.82) is 0 Å². The van der Waals surface area contributed by atoms with Crippen LogP contribution < -0.4 is 11.1 Å². The van der Waals surface area contributed by atoms with Gasteiger partial charge >= 0.3 is 6.18 Å². The molecule has 0 saturated heterocycles. The van der Waals surface area contributed by atoms with Crippen LogP contribution in [-0.2, 0) is 11.0 Å². The highest BCUT2D eigenvalue weighted by Crippen LogP contribution is 2.34. The Balaban J connectivity index is 2.01. The maximum atomic E-state index is 12.8. The van der Waals surface area contributed by atoms with Crippen molar-refractivity contribution >= 4 is 29.3 Å². The number of benzene rings is 1. The highest BCUT2D eigenvalue weighted by Gasteiger charge is 2.33. The lowest BCUT2D eigenvalue weighted by Gasteiger charge is -2.13. The summed E-state index contributed by atoms with van der Waals surface area (Å²) in [7, 11) is 0. The molecule has 0 radical (unpaired) electrons. The minimum absolute atomic E-state index is 0.000301. The quantitative estimate of drug-likeness (QED) is 0.835. The predicted octanol–water partition coefficient (Wildman–Crippen LogP) is 2.20. The number of nitrogens with zero attached hydrogens (tertiary/aromatic N) is 3. The number of hydrogen-bond donors (Lipinski definition) is 2. The van der Waals surface area contributed by atoms with E-state index in [2.05, 4.69) is 20.3 Å². The third-order valence-corrected chi connectivity index (χ3v) is 3.27. The van der Waals surface area contributed by atoms with E-state index >= 15 is 0 Å². The standard InChI is InChI=1S/C12H10F3N5OS/c13-12(14,15)7-3-1-2-4-8(7)19-9(21)5-22-11-18-6-17-10(16)20-11/h1-4,6H,5H2,(H,19,21)(H2,16,17,18,20). The maximum Gasteiger partial charge on any atom is 0.418 e. The lowest BCUT2D eigenvalue weighted by Crippen LogP contribution is -2.18. The van der Waals surface area contributed by atoms with Crippen LogP contribution in [0.15, 0.2) is 35.7 Å². The van der Waals surface area contributed by atoms with Crippen molar-refractivity contribution in [1.82, 2.24) is 15.0 Å². The van der Waals surface area contributed by atoms with Gasteiger partial charge in [0.1, 0.15) is 6.33 Å². The summed E-state index contributed by atoms with van der Waals surface area (Å²) in [6, 6.07) is 4.74. The first-order valence-electron chi connectivity index (χ1n) is 5.89. The molecule has 22 heavy (non-hydrogen) atoms. The Bertz CT molecular complexity index is 680. The highest BCUT2D eigenvalue weighted by atomic mass is 32.2. The number of aromatic nitrogens is 3. The lowest BCUT2D eigenvalue weighted by molar-refractivity contribution is -0.137. The first-order chi connectivity index (χ1) is 10.4. The van der Waals surface area contributed by atoms with Gasteiger partial charge in [-0.25, -0.2) is 9.97 Å². The molecule has 0 aliphatic carbocycles. The molecule has 2 rings (SSSR count). The zero-order valence-electron chi connectivity index (χ0n) is 11.0. The van der Waals surface area contributed by atoms with Crippen molar-refractivity contribution < 1.29 is 18.0 Å². The van der Waals surface area contributed by atoms with Crippen LogP contribution in [-0.4, -0.2) is 26.6 Å². The van der Waals surface area contributed by atoms with Crippen molar-refractivity contribution in [2.75, 3.05) is 16.8 Å². The van der Waals surface area contributed by atoms with Crippen LogP contribution in [0.5, 0.6) is 0 Å². The van der Waals surface area contributed by atoms with Gasteiger partial charge in [-0.15, -0.1) is 0 Å². The van der Waals surface area contributed by atoms with Crippen LogP contribution in [0.25, 0.3) is 0 Å². The normalized spacial score (nSPS) is 11.2. The van der Waals surface area contributed by atoms with Gasteiger partial charge in [0.15, 0.2) is 5.16 Å². The van der Waals surface area contributed by atoms with E-state index in [-0.39, 0.29) is 22.5 Å². The number of anilines is 2. The molecule has 0 saturated carbocycles. The summed E-state index contributed by atoms with van der Waals surface area (Å²) >= 11 is 0.940. The molecule has 0 fully saturated rings. The molecule has 1 aromatic heterocycles. The highest BCUT2D eigenvalue weighted by molar-refractivity contribution is 7.99. The molecular formula is C12H10F3N5OS. The molecule has 6 nitrogen and oxygen atoms in total. The predicted molar refractivity (Wildman–Crippen MR) is 75.0 cm³/mol. The van der Waals surface area contributed by atoms with Gasteiger partial charge in [0.25, 0.3) is 0 Å². The van der Waals surface area contributed by atoms with Gasteiger partial charge in [-0.2, -0.15) is 18.2 Å². The summed E-state index contributed by atoms with van der Waals surface area (Å²) in [6.07, 6.45) is -3.36. The van der Waals surface area contributed by atoms with E-state index in [1.54, 1.807) is 0 Å². The molecule has 3 N–H and O–H groups in total. The number of nitrogens with two attached hydrogens (primary N) is 1. The summed E-state index contributed by atoms with van der Waals surface area (Å²) in [5.41, 5.74) is 4.15. The van der Waals surface area contributed by atoms with Gasteiger partial charge in [-0.1, -0.05) is 23.9 Å². The van der Waals surface area contributed by atoms with Gasteiger partial charge < -0.3 is 11.1 Å². The van der Waals surface area contributed by atoms with Gasteiger partial charge in [-0.3, -0.25) is 4.79 Å². The summed E-state index contributed by atoms with van der Waals surface area (Å²) in [5, 5.41) is 2.43. The van der Waals surface area contributed by atoms with Gasteiger partial charge in [0.2, 0.25) is 11.9 Å². The third-order valence-electron chi connectivity index (χ3n) is 2.41. The number of rotatable bonds is 4. The Morgan fingerprint density at radius 2 is 2.00 bits per heavy atom. The minimum atomic E-state index is -4.54. The zero-order chi connectivity index (χ0) is 16.2. The van der Waals surface area contributed by atoms with E-state index in [0.717, 1.165) is 17.8 Å². The third kappa shape index (κ3) is 4.32. The molecule has 1 aromatic carbocycles. The molecule has 2 aromatic rings. The Morgan fingerprint density at radius 1 is 1.27 bits per heavy atom. The van der Waals surface area contributed by atoms with Crippen LogP contribution in [0.2, 0.25) is 0 Å². The number of nitrogen functional groups attached to an aromatic ring is 1. The Kier molecular flexibility index (Phi) is 4.81. The smallest absolute Gasteiger partial charge is 0.368 e. The van der Waals surface area contributed by atoms with Crippen molar-refractivity contribution in [2.45, 2.75) is 11.3 Å². The SMILES string of the molecule is Nc1ncnc(SCC(=O)Nc2ccccc2C(F)(F)F)n1. The van der Waals surface area contributed by atoms with Gasteiger partial charge in [0, 0.05) is 0 Å². The Hall–Kier alpha value is -2.36. The molecule has 0 aliphatic heterocycles. The number of amides is 1. The molecule has 10 heteroatoms. The second kappa shape index (κ2) is 6.60. The summed E-state index contributed by atoms with van der Waals surface area (Å²) < 4.78 is 38.4. The fraction of sp³-hybridized carbons (Fsp3) is 0.167. The minimum Gasteiger partial charge on any atom is -0.368 e. The van der Waals surface area contributed by atoms with Crippen LogP contribution in [0.3, 0.4) is 0 Å². The number of carbonyl (C=O) groups is 1. The summed E-state index contributed by atoms with van der Waals surface area (Å²) in [6.45, 7) is 0. The molecule has 0 bridgehead atoms. The topological polar surface area (TPSA) is 93.8 Å². The summed E-state index contributed by atoms with van der Waals surface area (Å²) in [4.78, 5) is 22.9. The number of alkyl halides is 3. The fourth-order valence-corrected chi connectivity index (χ4v) is 2.13. The van der Waals surface area contributed by atoms with E-state index in [0.29, 0.717) is 0 Å². The number of halogens is 3. The van der Waals surface area contributed by atoms with E-state index in [9.17, 15) is 18.0 Å². The van der Waals surface area contributed by atoms with E-state index in [1.807, 2.05) is 0 Å². The first kappa shape index (κ1) is 16.0. The van der Waals surface area contributed by atoms with Gasteiger partial charge in [0.05, 0.1) is 17.0 Å². The molecule has 0 unspecified atom stereocenters. The Labute approximate surface area is 127 Å². The monoisotopic (exact) mass is 329 g/mol. The number of nitrogens with one attached hydrogen (secondary N) is 1. The second-order valence-corrected chi connectivity index (χ2v) is 4.95. The maximum absolute atomic E-state index is 12.8. The average molecular weight is 329 g/mol. The first-order valence-corrected chi connectivity index (χ1v) is 6.88. The molecular weight excluding hydrogens is 319 g/mol.